The van der Waals surface area contributed by atoms with Gasteiger partial charge in [0, 0.05) is 5.92 Å². The number of nitrogen functional groups attached to an aromatic ring is 1. The number of nitrogens with zero attached hydrogens (tertiary/aromatic N) is 4. The first-order valence-corrected chi connectivity index (χ1v) is 15.8. The van der Waals surface area contributed by atoms with Crippen molar-refractivity contribution in [1.29, 1.82) is 0 Å². The van der Waals surface area contributed by atoms with Crippen LogP contribution in [0.1, 0.15) is 43.2 Å². The van der Waals surface area contributed by atoms with Gasteiger partial charge in [-0.3, -0.25) is 0 Å². The van der Waals surface area contributed by atoms with Crippen LogP contribution >= 0.6 is 11.8 Å². The van der Waals surface area contributed by atoms with Crippen molar-refractivity contribution in [2.45, 2.75) is 57.6 Å². The van der Waals surface area contributed by atoms with Crippen molar-refractivity contribution in [3.05, 3.63) is 120 Å². The summed E-state index contributed by atoms with van der Waals surface area (Å²) < 4.78 is 13.3. The summed E-state index contributed by atoms with van der Waals surface area (Å²) in [7, 11) is 0. The zero-order valence-corrected chi connectivity index (χ0v) is 27.0. The van der Waals surface area contributed by atoms with E-state index in [1.54, 1.807) is 0 Å². The number of anilines is 1. The molecule has 5 rings (SSSR count). The number of aliphatic hydroxyl groups excluding tert-OH is 2. The van der Waals surface area contributed by atoms with E-state index in [4.69, 9.17) is 25.4 Å². The van der Waals surface area contributed by atoms with Crippen molar-refractivity contribution in [2.75, 3.05) is 18.6 Å². The van der Waals surface area contributed by atoms with E-state index in [-0.39, 0.29) is 31.1 Å². The summed E-state index contributed by atoms with van der Waals surface area (Å²) in [5.74, 6) is -1.64. The number of hydrogen-bond acceptors (Lipinski definition) is 10. The van der Waals surface area contributed by atoms with E-state index >= 15 is 0 Å². The second kappa shape index (κ2) is 18.2. The lowest BCUT2D eigenvalue weighted by Crippen LogP contribution is -2.40. The Morgan fingerprint density at radius 1 is 0.844 bits per heavy atom. The van der Waals surface area contributed by atoms with Gasteiger partial charge in [0.25, 0.3) is 0 Å². The molecule has 5 aromatic rings. The second-order valence-electron chi connectivity index (χ2n) is 10.4. The number of thioether (sulfide) groups is 1. The lowest BCUT2D eigenvalue weighted by atomic mass is 9.99. The number of nitrogens with two attached hydrogens (primary N) is 1. The molecule has 0 spiro atoms. The quantitative estimate of drug-likeness (QED) is 0.113. The van der Waals surface area contributed by atoms with Crippen LogP contribution in [0.3, 0.4) is 0 Å². The van der Waals surface area contributed by atoms with Gasteiger partial charge < -0.3 is 30.5 Å². The largest absolute Gasteiger partial charge is 0.392 e. The molecule has 45 heavy (non-hydrogen) atoms. The molecule has 0 saturated heterocycles. The van der Waals surface area contributed by atoms with Gasteiger partial charge in [-0.1, -0.05) is 117 Å². The maximum atomic E-state index is 11.4. The van der Waals surface area contributed by atoms with Crippen LogP contribution in [-0.4, -0.2) is 53.9 Å². The van der Waals surface area contributed by atoms with Crippen LogP contribution in [0.2, 0.25) is 0 Å². The number of hydrogen-bond donors (Lipinski definition) is 4. The molecule has 240 valence electrons. The van der Waals surface area contributed by atoms with Gasteiger partial charge in [-0.05, 0) is 29.9 Å². The fourth-order valence-electron chi connectivity index (χ4n) is 4.13. The molecule has 0 radical (unpaired) electrons. The predicted octanol–water partition coefficient (Wildman–Crippen LogP) is 5.21. The van der Waals surface area contributed by atoms with Gasteiger partial charge >= 0.3 is 0 Å². The minimum Gasteiger partial charge on any atom is -0.392 e. The molecule has 0 aliphatic rings. The monoisotopic (exact) mass is 633 g/mol. The second-order valence-corrected chi connectivity index (χ2v) is 11.2. The molecule has 0 aliphatic carbocycles. The maximum absolute atomic E-state index is 11.4. The summed E-state index contributed by atoms with van der Waals surface area (Å²) in [6, 6.07) is 29.0. The summed E-state index contributed by atoms with van der Waals surface area (Å²) in [6.45, 7) is 6.69. The molecule has 0 aliphatic heterocycles. The molecule has 2 unspecified atom stereocenters. The van der Waals surface area contributed by atoms with Crippen molar-refractivity contribution in [3.8, 4) is 0 Å². The zero-order valence-electron chi connectivity index (χ0n) is 26.2. The van der Waals surface area contributed by atoms with Crippen LogP contribution < -0.4 is 5.73 Å². The number of rotatable bonds is 11. The molecule has 0 bridgehead atoms. The van der Waals surface area contributed by atoms with Crippen LogP contribution in [0.5, 0.6) is 0 Å². The van der Waals surface area contributed by atoms with Gasteiger partial charge in [0.05, 0.1) is 38.7 Å². The molecule has 5 N–H and O–H groups in total. The van der Waals surface area contributed by atoms with Gasteiger partial charge in [0.1, 0.15) is 5.69 Å². The molecule has 0 saturated carbocycles. The average molecular weight is 634 g/mol. The van der Waals surface area contributed by atoms with Crippen molar-refractivity contribution >= 4 is 23.2 Å². The van der Waals surface area contributed by atoms with E-state index in [9.17, 15) is 5.11 Å². The SMILES string of the molecule is CSc1nc(N)c2ncc(C(O)(OC(C)COCc3ccccc3)C(C)C)n2n1.OCc1ccccc1.OCc1ccccc1. The molecule has 3 aromatic carbocycles. The molecule has 10 nitrogen and oxygen atoms in total. The minimum atomic E-state index is -1.62. The molecular formula is C34H43N5O5S. The van der Waals surface area contributed by atoms with Gasteiger partial charge in [0.15, 0.2) is 11.5 Å². The van der Waals surface area contributed by atoms with Gasteiger partial charge in [-0.2, -0.15) is 0 Å². The zero-order chi connectivity index (χ0) is 32.7. The first-order chi connectivity index (χ1) is 21.7. The van der Waals surface area contributed by atoms with Crippen LogP contribution in [0.4, 0.5) is 5.82 Å². The third-order valence-electron chi connectivity index (χ3n) is 6.60. The number of ether oxygens (including phenoxy) is 2. The highest BCUT2D eigenvalue weighted by Gasteiger charge is 2.40. The minimum absolute atomic E-state index is 0.140. The van der Waals surface area contributed by atoms with Crippen molar-refractivity contribution < 1.29 is 24.8 Å². The Morgan fingerprint density at radius 3 is 1.80 bits per heavy atom. The highest BCUT2D eigenvalue weighted by atomic mass is 32.2. The van der Waals surface area contributed by atoms with E-state index < -0.39 is 5.79 Å². The first kappa shape index (κ1) is 35.6. The summed E-state index contributed by atoms with van der Waals surface area (Å²) in [4.78, 5) is 8.48. The van der Waals surface area contributed by atoms with Crippen LogP contribution in [0, 0.1) is 5.92 Å². The van der Waals surface area contributed by atoms with Gasteiger partial charge in [-0.15, -0.1) is 5.10 Å². The first-order valence-electron chi connectivity index (χ1n) is 14.6. The number of imidazole rings is 1. The standard InChI is InChI=1S/C20H27N5O3S.2C7H8O/c1-13(2)20(26,28-14(3)11-27-12-15-8-6-5-7-9-15)16-10-22-18-17(21)23-19(29-4)24-25(16)18;2*8-6-7-4-2-1-3-5-7/h5-10,13-14,26H,11-12H2,1-4H3,(H2,21,23,24);2*1-5,8H,6H2. The molecule has 2 heterocycles. The van der Waals surface area contributed by atoms with Crippen LogP contribution in [0.25, 0.3) is 5.65 Å². The Hall–Kier alpha value is -3.84. The van der Waals surface area contributed by atoms with E-state index in [1.807, 2.05) is 118 Å². The summed E-state index contributed by atoms with van der Waals surface area (Å²) in [6.07, 6.45) is 3.02. The van der Waals surface area contributed by atoms with E-state index in [0.29, 0.717) is 29.7 Å². The third kappa shape index (κ3) is 10.6. The highest BCUT2D eigenvalue weighted by Crippen LogP contribution is 2.33. The Kier molecular flexibility index (Phi) is 14.4. The van der Waals surface area contributed by atoms with Crippen LogP contribution in [0.15, 0.2) is 102 Å². The number of fused-ring (bicyclic) bond motifs is 1. The van der Waals surface area contributed by atoms with Gasteiger partial charge in [0.2, 0.25) is 10.9 Å². The van der Waals surface area contributed by atoms with Crippen molar-refractivity contribution in [1.82, 2.24) is 19.6 Å². The summed E-state index contributed by atoms with van der Waals surface area (Å²) in [5, 5.41) is 33.4. The van der Waals surface area contributed by atoms with Crippen molar-refractivity contribution in [3.63, 3.8) is 0 Å². The molecular weight excluding hydrogens is 590 g/mol. The average Bonchev–Trinajstić information content (AvgIpc) is 3.52. The Balaban J connectivity index is 0.000000278. The number of benzene rings is 3. The third-order valence-corrected chi connectivity index (χ3v) is 7.13. The highest BCUT2D eigenvalue weighted by molar-refractivity contribution is 7.98. The molecule has 0 amide bonds. The number of aromatic nitrogens is 4. The van der Waals surface area contributed by atoms with Crippen LogP contribution in [-0.2, 0) is 35.1 Å². The summed E-state index contributed by atoms with van der Waals surface area (Å²) in [5.41, 5.74) is 9.80. The predicted molar refractivity (Wildman–Crippen MR) is 177 cm³/mol. The van der Waals surface area contributed by atoms with Gasteiger partial charge in [-0.25, -0.2) is 14.5 Å². The maximum Gasteiger partial charge on any atom is 0.214 e. The lowest BCUT2D eigenvalue weighted by Gasteiger charge is -2.34. The normalized spacial score (nSPS) is 12.9. The molecule has 2 aromatic heterocycles. The molecule has 2 atom stereocenters. The fraction of sp³-hybridized carbons (Fsp3) is 0.324. The number of aliphatic hydroxyl groups is 3. The van der Waals surface area contributed by atoms with E-state index in [2.05, 4.69) is 15.1 Å². The Bertz CT molecular complexity index is 1500. The summed E-state index contributed by atoms with van der Waals surface area (Å²) >= 11 is 1.36. The van der Waals surface area contributed by atoms with E-state index in [0.717, 1.165) is 16.7 Å². The van der Waals surface area contributed by atoms with Crippen molar-refractivity contribution in [2.24, 2.45) is 5.92 Å². The Labute approximate surface area is 268 Å². The smallest absolute Gasteiger partial charge is 0.214 e. The lowest BCUT2D eigenvalue weighted by molar-refractivity contribution is -0.271. The molecule has 11 heteroatoms. The topological polar surface area (TPSA) is 148 Å². The van der Waals surface area contributed by atoms with E-state index in [1.165, 1.54) is 22.5 Å². The Morgan fingerprint density at radius 2 is 1.36 bits per heavy atom. The molecule has 0 fully saturated rings. The fourth-order valence-corrected chi connectivity index (χ4v) is 4.48.